The van der Waals surface area contributed by atoms with Gasteiger partial charge in [0, 0.05) is 0 Å². The topological polar surface area (TPSA) is 43.4 Å². The summed E-state index contributed by atoms with van der Waals surface area (Å²) in [7, 11) is 0. The van der Waals surface area contributed by atoms with Crippen LogP contribution in [0, 0.1) is 0 Å². The third-order valence-electron chi connectivity index (χ3n) is 0.648. The van der Waals surface area contributed by atoms with Gasteiger partial charge >= 0.3 is 99.1 Å². The predicted octanol–water partition coefficient (Wildman–Crippen LogP) is -3.31. The summed E-state index contributed by atoms with van der Waals surface area (Å²) < 4.78 is 36.3. The molecule has 0 heterocycles. The Morgan fingerprint density at radius 3 is 1.60 bits per heavy atom. The Kier molecular flexibility index (Phi) is 13.9. The largest absolute Gasteiger partial charge is 1.00 e. The van der Waals surface area contributed by atoms with Crippen molar-refractivity contribution in [3.8, 4) is 0 Å². The zero-order valence-corrected chi connectivity index (χ0v) is 17.4. The molecule has 0 aromatic carbocycles. The van der Waals surface area contributed by atoms with Gasteiger partial charge in [-0.2, -0.15) is 13.2 Å². The second-order valence-corrected chi connectivity index (χ2v) is 8.43. The van der Waals surface area contributed by atoms with Gasteiger partial charge < -0.3 is 7.59 Å². The van der Waals surface area contributed by atoms with Gasteiger partial charge in [0.1, 0.15) is 0 Å². The minimum atomic E-state index is -5.19. The van der Waals surface area contributed by atoms with E-state index in [0.29, 0.717) is 0 Å². The van der Waals surface area contributed by atoms with E-state index in [1.807, 2.05) is 0 Å². The molecule has 0 amide bonds. The summed E-state index contributed by atoms with van der Waals surface area (Å²) in [6.07, 6.45) is -5.19. The molecule has 80 valence electrons. The van der Waals surface area contributed by atoms with Gasteiger partial charge in [-0.15, -0.1) is 0 Å². The Balaban J connectivity index is -0.000000120. The Morgan fingerprint density at radius 2 is 1.40 bits per heavy atom. The molecule has 0 radical (unpaired) electrons. The first kappa shape index (κ1) is 23.1. The normalized spacial score (nSPS) is 10.8. The SMILES string of the molecule is O=C(OC(=O)C(Br)(Br)Br)C(F)(F)F.[H-].[H-].[K+].[Na+]. The third-order valence-corrected chi connectivity index (χ3v) is 1.62. The Morgan fingerprint density at radius 1 is 1.07 bits per heavy atom. The second kappa shape index (κ2) is 9.00. The zero-order chi connectivity index (χ0) is 10.9. The van der Waals surface area contributed by atoms with Gasteiger partial charge in [-0.1, -0.05) is 0 Å². The Labute approximate surface area is 176 Å². The molecule has 0 spiro atoms. The molecule has 0 aliphatic carbocycles. The van der Waals surface area contributed by atoms with E-state index in [2.05, 4.69) is 52.5 Å². The van der Waals surface area contributed by atoms with Crippen LogP contribution in [0.15, 0.2) is 0 Å². The molecule has 0 saturated carbocycles. The Hall–Kier alpha value is 3.01. The molecular formula is C4H2Br3F3KNaO3. The van der Waals surface area contributed by atoms with Gasteiger partial charge in [0.2, 0.25) is 2.14 Å². The summed E-state index contributed by atoms with van der Waals surface area (Å²) >= 11 is 7.74. The monoisotopic (exact) mass is 454 g/mol. The van der Waals surface area contributed by atoms with Crippen molar-refractivity contribution in [1.29, 1.82) is 0 Å². The number of esters is 2. The number of alkyl halides is 6. The van der Waals surface area contributed by atoms with Crippen LogP contribution in [0.25, 0.3) is 0 Å². The summed E-state index contributed by atoms with van der Waals surface area (Å²) in [6.45, 7) is 0. The zero-order valence-electron chi connectivity index (χ0n) is 9.49. The summed E-state index contributed by atoms with van der Waals surface area (Å²) in [5.41, 5.74) is 0. The van der Waals surface area contributed by atoms with Crippen LogP contribution in [0.3, 0.4) is 0 Å². The molecular weight excluding hydrogens is 455 g/mol. The summed E-state index contributed by atoms with van der Waals surface area (Å²) in [5, 5.41) is 0. The van der Waals surface area contributed by atoms with E-state index in [0.717, 1.165) is 0 Å². The van der Waals surface area contributed by atoms with Gasteiger partial charge in [0.05, 0.1) is 0 Å². The number of hydrogen-bond acceptors (Lipinski definition) is 3. The first-order valence-corrected chi connectivity index (χ1v) is 4.83. The quantitative estimate of drug-likeness (QED) is 0.166. The van der Waals surface area contributed by atoms with E-state index < -0.39 is 20.3 Å². The van der Waals surface area contributed by atoms with Crippen LogP contribution in [-0.4, -0.2) is 20.3 Å². The van der Waals surface area contributed by atoms with Gasteiger partial charge in [-0.25, -0.2) is 9.59 Å². The van der Waals surface area contributed by atoms with Crippen molar-refractivity contribution >= 4 is 59.7 Å². The van der Waals surface area contributed by atoms with Crippen molar-refractivity contribution in [2.75, 3.05) is 0 Å². The van der Waals surface area contributed by atoms with Crippen LogP contribution < -0.4 is 80.9 Å². The minimum absolute atomic E-state index is 0. The van der Waals surface area contributed by atoms with Crippen LogP contribution in [-0.2, 0) is 14.3 Å². The van der Waals surface area contributed by atoms with Crippen LogP contribution in [0.1, 0.15) is 2.85 Å². The molecule has 0 aromatic rings. The number of rotatable bonds is 0. The maximum atomic E-state index is 11.5. The minimum Gasteiger partial charge on any atom is -1.00 e. The Bertz CT molecular complexity index is 226. The van der Waals surface area contributed by atoms with Gasteiger partial charge in [0.15, 0.2) is 0 Å². The maximum Gasteiger partial charge on any atom is 1.00 e. The van der Waals surface area contributed by atoms with Gasteiger partial charge in [0.25, 0.3) is 0 Å². The molecule has 15 heavy (non-hydrogen) atoms. The fourth-order valence-corrected chi connectivity index (χ4v) is 0.443. The van der Waals surface area contributed by atoms with E-state index in [-0.39, 0.29) is 83.8 Å². The summed E-state index contributed by atoms with van der Waals surface area (Å²) in [6, 6.07) is 0. The van der Waals surface area contributed by atoms with Gasteiger partial charge in [-0.05, 0) is 47.8 Å². The smallest absolute Gasteiger partial charge is 1.00 e. The predicted molar refractivity (Wildman–Crippen MR) is 48.9 cm³/mol. The average molecular weight is 457 g/mol. The molecule has 0 unspecified atom stereocenters. The molecule has 0 saturated heterocycles. The number of carbonyl (C=O) groups excluding carboxylic acids is 2. The van der Waals surface area contributed by atoms with Crippen molar-refractivity contribution in [3.05, 3.63) is 0 Å². The fraction of sp³-hybridized carbons (Fsp3) is 0.500. The fourth-order valence-electron chi connectivity index (χ4n) is 0.200. The first-order chi connectivity index (χ1) is 5.55. The van der Waals surface area contributed by atoms with Crippen LogP contribution in [0.5, 0.6) is 0 Å². The number of carbonyl (C=O) groups is 2. The van der Waals surface area contributed by atoms with E-state index in [1.165, 1.54) is 0 Å². The number of halogens is 6. The molecule has 0 N–H and O–H groups in total. The van der Waals surface area contributed by atoms with Crippen molar-refractivity contribution in [1.82, 2.24) is 0 Å². The molecule has 0 bridgehead atoms. The van der Waals surface area contributed by atoms with Crippen LogP contribution in [0.2, 0.25) is 0 Å². The summed E-state index contributed by atoms with van der Waals surface area (Å²) in [4.78, 5) is 20.7. The van der Waals surface area contributed by atoms with Crippen LogP contribution >= 0.6 is 47.8 Å². The second-order valence-electron chi connectivity index (χ2n) is 1.67. The van der Waals surface area contributed by atoms with Crippen molar-refractivity contribution in [2.45, 2.75) is 8.32 Å². The molecule has 0 aliphatic rings. The standard InChI is InChI=1S/C4Br3F3O3.K.Na.2H/c5-3(6,7)1(11)13-2(12)4(8,9)10;;;;/q;2*+1;2*-1. The molecule has 0 aromatic heterocycles. The molecule has 0 fully saturated rings. The van der Waals surface area contributed by atoms with Crippen molar-refractivity contribution in [3.63, 3.8) is 0 Å². The number of hydrogen-bond donors (Lipinski definition) is 0. The summed E-state index contributed by atoms with van der Waals surface area (Å²) in [5.74, 6) is -4.02. The molecule has 0 atom stereocenters. The number of ether oxygens (including phenoxy) is 1. The van der Waals surface area contributed by atoms with Crippen molar-refractivity contribution in [2.24, 2.45) is 0 Å². The maximum absolute atomic E-state index is 11.5. The van der Waals surface area contributed by atoms with Gasteiger partial charge in [-0.3, -0.25) is 0 Å². The average Bonchev–Trinajstić information content (AvgIpc) is 1.82. The van der Waals surface area contributed by atoms with E-state index in [1.54, 1.807) is 0 Å². The van der Waals surface area contributed by atoms with E-state index in [9.17, 15) is 22.8 Å². The van der Waals surface area contributed by atoms with E-state index >= 15 is 0 Å². The molecule has 0 aliphatic heterocycles. The molecule has 11 heteroatoms. The van der Waals surface area contributed by atoms with Crippen LogP contribution in [0.4, 0.5) is 13.2 Å². The third kappa shape index (κ3) is 10.6. The van der Waals surface area contributed by atoms with Crippen molar-refractivity contribution < 1.29 is 111 Å². The molecule has 0 rings (SSSR count). The first-order valence-electron chi connectivity index (χ1n) is 2.45. The molecule has 3 nitrogen and oxygen atoms in total. The van der Waals surface area contributed by atoms with E-state index in [4.69, 9.17) is 0 Å².